The van der Waals surface area contributed by atoms with E-state index in [1.165, 1.54) is 12.0 Å². The number of ketones is 1. The minimum Gasteiger partial charge on any atom is -0.507 e. The molecule has 0 radical (unpaired) electrons. The summed E-state index contributed by atoms with van der Waals surface area (Å²) in [6.07, 6.45) is 0. The standard InChI is InChI=1S/C28H35NO6/c1-17(2)16-35-21-9-7-8-19(14-21)25-24(27(31)28(32)29(25)12-13-33-5)26(30)20-10-11-23(34-6)22(15-20)18(3)4/h7-11,14-15,17-18,25,30H,12-13,16H2,1-6H3/b26-24+. The van der Waals surface area contributed by atoms with Gasteiger partial charge < -0.3 is 24.2 Å². The SMILES string of the molecule is COCCN1C(=O)C(=O)/C(=C(/O)c2ccc(OC)c(C(C)C)c2)C1c1cccc(OCC(C)C)c1. The Hall–Kier alpha value is -3.32. The molecular formula is C28H35NO6. The highest BCUT2D eigenvalue weighted by molar-refractivity contribution is 6.46. The zero-order valence-electron chi connectivity index (χ0n) is 21.3. The van der Waals surface area contributed by atoms with Crippen molar-refractivity contribution in [1.29, 1.82) is 0 Å². The van der Waals surface area contributed by atoms with Crippen molar-refractivity contribution in [2.45, 2.75) is 39.7 Å². The topological polar surface area (TPSA) is 85.3 Å². The first kappa shape index (κ1) is 26.3. The van der Waals surface area contributed by atoms with Crippen molar-refractivity contribution in [3.05, 3.63) is 64.7 Å². The summed E-state index contributed by atoms with van der Waals surface area (Å²) in [4.78, 5) is 27.7. The van der Waals surface area contributed by atoms with Crippen LogP contribution >= 0.6 is 0 Å². The van der Waals surface area contributed by atoms with E-state index in [0.717, 1.165) is 5.56 Å². The van der Waals surface area contributed by atoms with Crippen molar-refractivity contribution in [3.8, 4) is 11.5 Å². The van der Waals surface area contributed by atoms with Gasteiger partial charge in [-0.05, 0) is 53.3 Å². The molecule has 188 valence electrons. The Bertz CT molecular complexity index is 1100. The number of hydrogen-bond donors (Lipinski definition) is 1. The first-order chi connectivity index (χ1) is 16.7. The van der Waals surface area contributed by atoms with Gasteiger partial charge in [0, 0.05) is 19.2 Å². The maximum absolute atomic E-state index is 13.2. The number of carbonyl (C=O) groups excluding carboxylic acids is 2. The number of hydrogen-bond acceptors (Lipinski definition) is 6. The van der Waals surface area contributed by atoms with Crippen molar-refractivity contribution in [2.24, 2.45) is 5.92 Å². The third kappa shape index (κ3) is 5.68. The summed E-state index contributed by atoms with van der Waals surface area (Å²) in [7, 11) is 3.13. The Kier molecular flexibility index (Phi) is 8.57. The van der Waals surface area contributed by atoms with Crippen molar-refractivity contribution in [1.82, 2.24) is 4.90 Å². The van der Waals surface area contributed by atoms with Crippen LogP contribution in [0, 0.1) is 5.92 Å². The highest BCUT2D eigenvalue weighted by Gasteiger charge is 2.46. The number of carbonyl (C=O) groups is 2. The van der Waals surface area contributed by atoms with Gasteiger partial charge in [-0.15, -0.1) is 0 Å². The molecule has 2 aromatic rings. The number of methoxy groups -OCH3 is 2. The van der Waals surface area contributed by atoms with Gasteiger partial charge in [0.05, 0.1) is 31.9 Å². The molecule has 1 aliphatic heterocycles. The second kappa shape index (κ2) is 11.4. The molecule has 1 saturated heterocycles. The molecular weight excluding hydrogens is 446 g/mol. The van der Waals surface area contributed by atoms with E-state index in [1.54, 1.807) is 25.3 Å². The molecule has 0 spiro atoms. The van der Waals surface area contributed by atoms with E-state index >= 15 is 0 Å². The summed E-state index contributed by atoms with van der Waals surface area (Å²) < 4.78 is 16.5. The lowest BCUT2D eigenvalue weighted by atomic mass is 9.93. The van der Waals surface area contributed by atoms with Gasteiger partial charge in [-0.25, -0.2) is 0 Å². The fourth-order valence-corrected chi connectivity index (χ4v) is 4.17. The molecule has 7 nitrogen and oxygen atoms in total. The maximum atomic E-state index is 13.2. The molecule has 1 fully saturated rings. The molecule has 0 aliphatic carbocycles. The van der Waals surface area contributed by atoms with Crippen LogP contribution in [0.5, 0.6) is 11.5 Å². The van der Waals surface area contributed by atoms with E-state index in [4.69, 9.17) is 14.2 Å². The van der Waals surface area contributed by atoms with Gasteiger partial charge >= 0.3 is 0 Å². The highest BCUT2D eigenvalue weighted by Crippen LogP contribution is 2.41. The van der Waals surface area contributed by atoms with Crippen LogP contribution in [0.1, 0.15) is 56.3 Å². The Balaban J connectivity index is 2.15. The van der Waals surface area contributed by atoms with Crippen LogP contribution in [0.4, 0.5) is 0 Å². The van der Waals surface area contributed by atoms with Crippen molar-refractivity contribution >= 4 is 17.4 Å². The predicted molar refractivity (Wildman–Crippen MR) is 135 cm³/mol. The molecule has 1 N–H and O–H groups in total. The van der Waals surface area contributed by atoms with Gasteiger partial charge in [-0.2, -0.15) is 0 Å². The lowest BCUT2D eigenvalue weighted by Crippen LogP contribution is -2.32. The van der Waals surface area contributed by atoms with E-state index < -0.39 is 17.7 Å². The molecule has 7 heteroatoms. The maximum Gasteiger partial charge on any atom is 0.295 e. The third-order valence-electron chi connectivity index (χ3n) is 5.96. The molecule has 1 heterocycles. The van der Waals surface area contributed by atoms with Crippen molar-refractivity contribution < 1.29 is 28.9 Å². The zero-order chi connectivity index (χ0) is 25.7. The minimum absolute atomic E-state index is 0.0481. The lowest BCUT2D eigenvalue weighted by Gasteiger charge is -2.25. The first-order valence-corrected chi connectivity index (χ1v) is 11.9. The van der Waals surface area contributed by atoms with Crippen LogP contribution in [-0.4, -0.2) is 55.7 Å². The smallest absolute Gasteiger partial charge is 0.295 e. The minimum atomic E-state index is -0.766. The van der Waals surface area contributed by atoms with Gasteiger partial charge in [-0.3, -0.25) is 9.59 Å². The molecule has 1 unspecified atom stereocenters. The molecule has 2 aromatic carbocycles. The number of amides is 1. The van der Waals surface area contributed by atoms with Gasteiger partial charge in [0.1, 0.15) is 17.3 Å². The van der Waals surface area contributed by atoms with E-state index in [0.29, 0.717) is 35.2 Å². The number of aliphatic hydroxyl groups is 1. The quantitative estimate of drug-likeness (QED) is 0.295. The van der Waals surface area contributed by atoms with Crippen LogP contribution in [-0.2, 0) is 14.3 Å². The van der Waals surface area contributed by atoms with E-state index in [-0.39, 0.29) is 30.4 Å². The number of nitrogens with zero attached hydrogens (tertiary/aromatic N) is 1. The molecule has 0 aromatic heterocycles. The molecule has 1 amide bonds. The van der Waals surface area contributed by atoms with Gasteiger partial charge in [0.2, 0.25) is 0 Å². The summed E-state index contributed by atoms with van der Waals surface area (Å²) in [5.41, 5.74) is 2.08. The number of rotatable bonds is 10. The molecule has 0 saturated carbocycles. The average Bonchev–Trinajstić information content (AvgIpc) is 3.10. The largest absolute Gasteiger partial charge is 0.507 e. The fraction of sp³-hybridized carbons (Fsp3) is 0.429. The van der Waals surface area contributed by atoms with Crippen LogP contribution in [0.15, 0.2) is 48.0 Å². The Morgan fingerprint density at radius 3 is 2.43 bits per heavy atom. The van der Waals surface area contributed by atoms with E-state index in [9.17, 15) is 14.7 Å². The van der Waals surface area contributed by atoms with Gasteiger partial charge in [-0.1, -0.05) is 39.8 Å². The Morgan fingerprint density at radius 1 is 1.06 bits per heavy atom. The third-order valence-corrected chi connectivity index (χ3v) is 5.96. The predicted octanol–water partition coefficient (Wildman–Crippen LogP) is 4.92. The molecule has 35 heavy (non-hydrogen) atoms. The summed E-state index contributed by atoms with van der Waals surface area (Å²) in [5, 5.41) is 11.4. The first-order valence-electron chi connectivity index (χ1n) is 11.9. The molecule has 3 rings (SSSR count). The van der Waals surface area contributed by atoms with E-state index in [2.05, 4.69) is 13.8 Å². The van der Waals surface area contributed by atoms with Crippen LogP contribution in [0.3, 0.4) is 0 Å². The molecule has 0 bridgehead atoms. The van der Waals surface area contributed by atoms with Crippen LogP contribution in [0.25, 0.3) is 5.76 Å². The van der Waals surface area contributed by atoms with Gasteiger partial charge in [0.15, 0.2) is 0 Å². The number of likely N-dealkylation sites (tertiary alicyclic amines) is 1. The summed E-state index contributed by atoms with van der Waals surface area (Å²) in [5.74, 6) is 0.206. The van der Waals surface area contributed by atoms with Crippen molar-refractivity contribution in [3.63, 3.8) is 0 Å². The van der Waals surface area contributed by atoms with Gasteiger partial charge in [0.25, 0.3) is 11.7 Å². The highest BCUT2D eigenvalue weighted by atomic mass is 16.5. The number of benzene rings is 2. The van der Waals surface area contributed by atoms with Crippen molar-refractivity contribution in [2.75, 3.05) is 34.0 Å². The number of aliphatic hydroxyl groups excluding tert-OH is 1. The zero-order valence-corrected chi connectivity index (χ0v) is 21.3. The second-order valence-corrected chi connectivity index (χ2v) is 9.37. The summed E-state index contributed by atoms with van der Waals surface area (Å²) in [6, 6.07) is 11.8. The second-order valence-electron chi connectivity index (χ2n) is 9.37. The monoisotopic (exact) mass is 481 g/mol. The molecule has 1 aliphatic rings. The van der Waals surface area contributed by atoms with E-state index in [1.807, 2.05) is 38.1 Å². The number of ether oxygens (including phenoxy) is 3. The average molecular weight is 482 g/mol. The Labute approximate surface area is 207 Å². The summed E-state index contributed by atoms with van der Waals surface area (Å²) in [6.45, 7) is 9.17. The Morgan fingerprint density at radius 2 is 1.80 bits per heavy atom. The van der Waals surface area contributed by atoms with Crippen LogP contribution in [0.2, 0.25) is 0 Å². The molecule has 1 atom stereocenters. The fourth-order valence-electron chi connectivity index (χ4n) is 4.17. The summed E-state index contributed by atoms with van der Waals surface area (Å²) >= 11 is 0. The van der Waals surface area contributed by atoms with Crippen LogP contribution < -0.4 is 9.47 Å². The lowest BCUT2D eigenvalue weighted by molar-refractivity contribution is -0.140. The normalized spacial score (nSPS) is 17.5. The number of Topliss-reactive ketones (excluding diaryl/α,β-unsaturated/α-hetero) is 1.